The predicted molar refractivity (Wildman–Crippen MR) is 61.3 cm³/mol. The first-order valence-corrected chi connectivity index (χ1v) is 5.33. The van der Waals surface area contributed by atoms with Gasteiger partial charge in [-0.1, -0.05) is 12.1 Å². The molecule has 15 heavy (non-hydrogen) atoms. The molecule has 2 atom stereocenters. The first-order chi connectivity index (χ1) is 7.22. The van der Waals surface area contributed by atoms with Gasteiger partial charge in [-0.05, 0) is 24.1 Å². The molecule has 1 fully saturated rings. The van der Waals surface area contributed by atoms with Crippen LogP contribution in [0.2, 0.25) is 0 Å². The summed E-state index contributed by atoms with van der Waals surface area (Å²) in [6.45, 7) is 3.96. The fraction of sp³-hybridized carbons (Fsp3) is 0.500. The summed E-state index contributed by atoms with van der Waals surface area (Å²) in [7, 11) is 1.70. The van der Waals surface area contributed by atoms with Crippen molar-refractivity contribution in [2.75, 3.05) is 20.2 Å². The van der Waals surface area contributed by atoms with Gasteiger partial charge in [-0.3, -0.25) is 0 Å². The molecule has 0 saturated carbocycles. The molecule has 1 aliphatic rings. The van der Waals surface area contributed by atoms with E-state index in [4.69, 9.17) is 10.5 Å². The third-order valence-electron chi connectivity index (χ3n) is 3.11. The van der Waals surface area contributed by atoms with Gasteiger partial charge >= 0.3 is 0 Å². The molecule has 0 radical (unpaired) electrons. The lowest BCUT2D eigenvalue weighted by Crippen LogP contribution is -2.27. The number of benzene rings is 1. The minimum Gasteiger partial charge on any atom is -0.496 e. The second-order valence-corrected chi connectivity index (χ2v) is 4.16. The van der Waals surface area contributed by atoms with Gasteiger partial charge in [0, 0.05) is 25.0 Å². The lowest BCUT2D eigenvalue weighted by molar-refractivity contribution is 0.411. The Morgan fingerprint density at radius 2 is 2.20 bits per heavy atom. The monoisotopic (exact) mass is 206 g/mol. The smallest absolute Gasteiger partial charge is 0.121 e. The predicted octanol–water partition coefficient (Wildman–Crippen LogP) is 1.02. The second kappa shape index (κ2) is 4.21. The molecular weight excluding hydrogens is 188 g/mol. The van der Waals surface area contributed by atoms with Crippen LogP contribution in [-0.2, 0) is 0 Å². The maximum absolute atomic E-state index is 6.04. The van der Waals surface area contributed by atoms with Gasteiger partial charge in [-0.2, -0.15) is 0 Å². The maximum atomic E-state index is 6.04. The first-order valence-electron chi connectivity index (χ1n) is 5.33. The Morgan fingerprint density at radius 3 is 2.73 bits per heavy atom. The molecule has 0 aromatic heterocycles. The van der Waals surface area contributed by atoms with Gasteiger partial charge in [-0.25, -0.2) is 0 Å². The van der Waals surface area contributed by atoms with E-state index in [-0.39, 0.29) is 6.04 Å². The van der Waals surface area contributed by atoms with Crippen molar-refractivity contribution in [3.8, 4) is 5.75 Å². The number of hydrogen-bond donors (Lipinski definition) is 2. The van der Waals surface area contributed by atoms with Gasteiger partial charge in [0.15, 0.2) is 0 Å². The molecule has 1 saturated heterocycles. The van der Waals surface area contributed by atoms with Crippen molar-refractivity contribution < 1.29 is 4.74 Å². The van der Waals surface area contributed by atoms with Crippen LogP contribution >= 0.6 is 0 Å². The van der Waals surface area contributed by atoms with E-state index >= 15 is 0 Å². The number of nitrogens with two attached hydrogens (primary N) is 1. The molecule has 0 amide bonds. The van der Waals surface area contributed by atoms with E-state index in [9.17, 15) is 0 Å². The molecule has 3 N–H and O–H groups in total. The first kappa shape index (κ1) is 10.5. The summed E-state index contributed by atoms with van der Waals surface area (Å²) >= 11 is 0. The fourth-order valence-corrected chi connectivity index (χ4v) is 2.20. The van der Waals surface area contributed by atoms with Gasteiger partial charge in [0.2, 0.25) is 0 Å². The van der Waals surface area contributed by atoms with Gasteiger partial charge in [-0.15, -0.1) is 0 Å². The highest BCUT2D eigenvalue weighted by atomic mass is 16.5. The van der Waals surface area contributed by atoms with Crippen LogP contribution in [0.3, 0.4) is 0 Å². The number of methoxy groups -OCH3 is 1. The average molecular weight is 206 g/mol. The lowest BCUT2D eigenvalue weighted by Gasteiger charge is -2.16. The molecule has 0 bridgehead atoms. The molecule has 1 aromatic carbocycles. The van der Waals surface area contributed by atoms with Crippen LogP contribution in [0.1, 0.15) is 17.0 Å². The highest BCUT2D eigenvalue weighted by Crippen LogP contribution is 2.26. The zero-order valence-electron chi connectivity index (χ0n) is 9.29. The molecule has 0 aliphatic carbocycles. The van der Waals surface area contributed by atoms with Crippen molar-refractivity contribution in [1.82, 2.24) is 5.32 Å². The van der Waals surface area contributed by atoms with E-state index < -0.39 is 0 Å². The Hall–Kier alpha value is -1.06. The average Bonchev–Trinajstić information content (AvgIpc) is 2.64. The van der Waals surface area contributed by atoms with Gasteiger partial charge in [0.05, 0.1) is 7.11 Å². The number of nitrogens with one attached hydrogen (secondary N) is 1. The van der Waals surface area contributed by atoms with E-state index in [1.807, 2.05) is 6.07 Å². The van der Waals surface area contributed by atoms with E-state index in [0.29, 0.717) is 5.92 Å². The Labute approximate surface area is 90.6 Å². The van der Waals surface area contributed by atoms with Crippen molar-refractivity contribution in [2.24, 2.45) is 5.73 Å². The van der Waals surface area contributed by atoms with Crippen LogP contribution in [-0.4, -0.2) is 26.2 Å². The molecule has 2 unspecified atom stereocenters. The normalized spacial score (nSPS) is 25.5. The third-order valence-corrected chi connectivity index (χ3v) is 3.11. The summed E-state index contributed by atoms with van der Waals surface area (Å²) in [4.78, 5) is 0. The van der Waals surface area contributed by atoms with E-state index in [2.05, 4.69) is 24.4 Å². The summed E-state index contributed by atoms with van der Waals surface area (Å²) in [5.74, 6) is 1.38. The molecular formula is C12H18N2O. The number of rotatable bonds is 2. The minimum atomic E-state index is 0.234. The second-order valence-electron chi connectivity index (χ2n) is 4.16. The van der Waals surface area contributed by atoms with Crippen molar-refractivity contribution >= 4 is 0 Å². The van der Waals surface area contributed by atoms with Gasteiger partial charge in [0.1, 0.15) is 5.75 Å². The fourth-order valence-electron chi connectivity index (χ4n) is 2.20. The topological polar surface area (TPSA) is 47.3 Å². The van der Waals surface area contributed by atoms with E-state index in [1.165, 1.54) is 11.1 Å². The SMILES string of the molecule is COc1ccc(C2CNCC2N)cc1C. The molecule has 1 aromatic rings. The van der Waals surface area contributed by atoms with Crippen LogP contribution in [0.5, 0.6) is 5.75 Å². The zero-order chi connectivity index (χ0) is 10.8. The summed E-state index contributed by atoms with van der Waals surface area (Å²) < 4.78 is 5.24. The largest absolute Gasteiger partial charge is 0.496 e. The van der Waals surface area contributed by atoms with Crippen LogP contribution < -0.4 is 15.8 Å². The van der Waals surface area contributed by atoms with Crippen LogP contribution in [0.4, 0.5) is 0 Å². The quantitative estimate of drug-likeness (QED) is 0.759. The summed E-state index contributed by atoms with van der Waals surface area (Å²) in [6, 6.07) is 6.55. The standard InChI is InChI=1S/C12H18N2O/c1-8-5-9(3-4-12(8)15-2)10-6-14-7-11(10)13/h3-5,10-11,14H,6-7,13H2,1-2H3. The zero-order valence-corrected chi connectivity index (χ0v) is 9.29. The van der Waals surface area contributed by atoms with Crippen LogP contribution in [0, 0.1) is 6.92 Å². The summed E-state index contributed by atoms with van der Waals surface area (Å²) in [6.07, 6.45) is 0. The molecule has 1 heterocycles. The number of aryl methyl sites for hydroxylation is 1. The summed E-state index contributed by atoms with van der Waals surface area (Å²) in [5.41, 5.74) is 8.52. The van der Waals surface area contributed by atoms with Crippen molar-refractivity contribution in [1.29, 1.82) is 0 Å². The van der Waals surface area contributed by atoms with E-state index in [0.717, 1.165) is 18.8 Å². The van der Waals surface area contributed by atoms with Gasteiger partial charge < -0.3 is 15.8 Å². The van der Waals surface area contributed by atoms with E-state index in [1.54, 1.807) is 7.11 Å². The highest BCUT2D eigenvalue weighted by Gasteiger charge is 2.25. The lowest BCUT2D eigenvalue weighted by atomic mass is 9.93. The third kappa shape index (κ3) is 1.98. The molecule has 82 valence electrons. The van der Waals surface area contributed by atoms with Gasteiger partial charge in [0.25, 0.3) is 0 Å². The Morgan fingerprint density at radius 1 is 1.40 bits per heavy atom. The Kier molecular flexibility index (Phi) is 2.93. The summed E-state index contributed by atoms with van der Waals surface area (Å²) in [5, 5.41) is 3.31. The van der Waals surface area contributed by atoms with Crippen LogP contribution in [0.15, 0.2) is 18.2 Å². The minimum absolute atomic E-state index is 0.234. The van der Waals surface area contributed by atoms with Crippen molar-refractivity contribution in [2.45, 2.75) is 18.9 Å². The number of ether oxygens (including phenoxy) is 1. The molecule has 1 aliphatic heterocycles. The molecule has 2 rings (SSSR count). The molecule has 3 nitrogen and oxygen atoms in total. The van der Waals surface area contributed by atoms with Crippen LogP contribution in [0.25, 0.3) is 0 Å². The number of hydrogen-bond acceptors (Lipinski definition) is 3. The highest BCUT2D eigenvalue weighted by molar-refractivity contribution is 5.38. The Bertz CT molecular complexity index is 351. The van der Waals surface area contributed by atoms with Crippen molar-refractivity contribution in [3.05, 3.63) is 29.3 Å². The Balaban J connectivity index is 2.25. The van der Waals surface area contributed by atoms with Crippen molar-refractivity contribution in [3.63, 3.8) is 0 Å². The maximum Gasteiger partial charge on any atom is 0.121 e. The molecule has 3 heteroatoms. The molecule has 0 spiro atoms.